The van der Waals surface area contributed by atoms with E-state index in [1.54, 1.807) is 54.2 Å². The summed E-state index contributed by atoms with van der Waals surface area (Å²) >= 11 is 0. The van der Waals surface area contributed by atoms with E-state index in [9.17, 15) is 14.7 Å². The number of nitrogens with zero attached hydrogens (tertiary/aromatic N) is 2. The Kier molecular flexibility index (Phi) is 6.54. The topological polar surface area (TPSA) is 90.3 Å². The van der Waals surface area contributed by atoms with Gasteiger partial charge >= 0.3 is 0 Å². The maximum absolute atomic E-state index is 13.6. The van der Waals surface area contributed by atoms with Crippen LogP contribution in [0.3, 0.4) is 0 Å². The van der Waals surface area contributed by atoms with Gasteiger partial charge in [0.2, 0.25) is 5.91 Å². The summed E-state index contributed by atoms with van der Waals surface area (Å²) in [5.41, 5.74) is 1.17. The van der Waals surface area contributed by atoms with E-state index in [0.717, 1.165) is 24.2 Å². The average molecular weight is 451 g/mol. The molecule has 2 amide bonds. The highest BCUT2D eigenvalue weighted by atomic mass is 16.5. The predicted octanol–water partition coefficient (Wildman–Crippen LogP) is 3.13. The third-order valence-corrected chi connectivity index (χ3v) is 6.52. The molecule has 7 heteroatoms. The molecule has 0 aromatic heterocycles. The maximum Gasteiger partial charge on any atom is 0.264 e. The van der Waals surface area contributed by atoms with Crippen molar-refractivity contribution in [3.63, 3.8) is 0 Å². The van der Waals surface area contributed by atoms with Crippen LogP contribution in [0, 0.1) is 5.92 Å². The number of carbonyl (C=O) groups excluding carboxylic acids is 2. The lowest BCUT2D eigenvalue weighted by Crippen LogP contribution is -2.44. The van der Waals surface area contributed by atoms with Gasteiger partial charge in [0.15, 0.2) is 5.60 Å². The zero-order chi connectivity index (χ0) is 23.6. The van der Waals surface area contributed by atoms with Crippen LogP contribution in [0.15, 0.2) is 54.6 Å². The van der Waals surface area contributed by atoms with Crippen LogP contribution < -0.4 is 14.5 Å². The Morgan fingerprint density at radius 2 is 1.94 bits per heavy atom. The lowest BCUT2D eigenvalue weighted by Gasteiger charge is -2.28. The van der Waals surface area contributed by atoms with Crippen molar-refractivity contribution in [2.75, 3.05) is 30.1 Å². The number of hydrogen-bond donors (Lipinski definition) is 2. The largest absolute Gasteiger partial charge is 0.497 e. The van der Waals surface area contributed by atoms with Gasteiger partial charge in [0.1, 0.15) is 5.75 Å². The molecule has 0 bridgehead atoms. The highest BCUT2D eigenvalue weighted by Crippen LogP contribution is 2.47. The maximum atomic E-state index is 13.6. The highest BCUT2D eigenvalue weighted by Gasteiger charge is 2.52. The van der Waals surface area contributed by atoms with E-state index in [-0.39, 0.29) is 12.5 Å². The van der Waals surface area contributed by atoms with E-state index in [4.69, 9.17) is 9.84 Å². The van der Waals surface area contributed by atoms with Crippen molar-refractivity contribution in [1.29, 1.82) is 0 Å². The number of methoxy groups -OCH3 is 1. The molecule has 0 aliphatic carbocycles. The predicted molar refractivity (Wildman–Crippen MR) is 126 cm³/mol. The number of rotatable bonds is 8. The monoisotopic (exact) mass is 450 g/mol. The molecule has 0 unspecified atom stereocenters. The number of carbonyl (C=O) groups is 2. The van der Waals surface area contributed by atoms with Crippen LogP contribution in [-0.4, -0.2) is 42.3 Å². The first-order valence-corrected chi connectivity index (χ1v) is 11.3. The minimum Gasteiger partial charge on any atom is -0.497 e. The zero-order valence-electron chi connectivity index (χ0n) is 19.0. The first kappa shape index (κ1) is 23.0. The third-order valence-electron chi connectivity index (χ3n) is 6.52. The van der Waals surface area contributed by atoms with Gasteiger partial charge in [0, 0.05) is 36.7 Å². The van der Waals surface area contributed by atoms with Gasteiger partial charge in [-0.1, -0.05) is 31.2 Å². The van der Waals surface area contributed by atoms with E-state index < -0.39 is 17.4 Å². The molecule has 0 radical (unpaired) electrons. The normalized spacial score (nSPS) is 21.2. The molecule has 2 aromatic carbocycles. The molecule has 0 spiro atoms. The number of hydrogen-bond acceptors (Lipinski definition) is 5. The number of benzene rings is 2. The Morgan fingerprint density at radius 3 is 2.58 bits per heavy atom. The molecule has 7 nitrogen and oxygen atoms in total. The first-order valence-electron chi connectivity index (χ1n) is 11.3. The van der Waals surface area contributed by atoms with Crippen LogP contribution in [0.4, 0.5) is 11.4 Å². The van der Waals surface area contributed by atoms with E-state index >= 15 is 0 Å². The van der Waals surface area contributed by atoms with Crippen molar-refractivity contribution in [3.05, 3.63) is 65.7 Å². The quantitative estimate of drug-likeness (QED) is 0.603. The van der Waals surface area contributed by atoms with E-state index in [1.807, 2.05) is 24.3 Å². The van der Waals surface area contributed by atoms with Gasteiger partial charge in [-0.2, -0.15) is 0 Å². The Hall–Kier alpha value is -3.16. The Labute approximate surface area is 193 Å². The number of aliphatic hydroxyl groups excluding tert-OH is 1. The summed E-state index contributed by atoms with van der Waals surface area (Å²) in [5.74, 6) is -0.205. The molecule has 0 saturated carbocycles. The molecule has 1 fully saturated rings. The molecule has 2 aromatic rings. The van der Waals surface area contributed by atoms with Crippen LogP contribution in [0.1, 0.15) is 37.3 Å². The van der Waals surface area contributed by atoms with Crippen LogP contribution in [0.25, 0.3) is 0 Å². The van der Waals surface area contributed by atoms with Crippen molar-refractivity contribution < 1.29 is 24.5 Å². The van der Waals surface area contributed by atoms with Gasteiger partial charge in [0.25, 0.3) is 5.91 Å². The van der Waals surface area contributed by atoms with Gasteiger partial charge in [0.05, 0.1) is 19.3 Å². The van der Waals surface area contributed by atoms with E-state index in [2.05, 4.69) is 0 Å². The number of ether oxygens (including phenoxy) is 1. The van der Waals surface area contributed by atoms with Crippen molar-refractivity contribution in [2.24, 2.45) is 5.92 Å². The smallest absolute Gasteiger partial charge is 0.264 e. The minimum absolute atomic E-state index is 0.00511. The summed E-state index contributed by atoms with van der Waals surface area (Å²) in [6.07, 6.45) is 5.44. The summed E-state index contributed by atoms with van der Waals surface area (Å²) in [7, 11) is 1.55. The Morgan fingerprint density at radius 1 is 1.18 bits per heavy atom. The molecule has 33 heavy (non-hydrogen) atoms. The van der Waals surface area contributed by atoms with Crippen LogP contribution in [0.5, 0.6) is 5.75 Å². The van der Waals surface area contributed by atoms with Crippen molar-refractivity contribution in [3.8, 4) is 5.75 Å². The highest BCUT2D eigenvalue weighted by molar-refractivity contribution is 6.07. The molecule has 174 valence electrons. The molecular formula is C26H30N2O5. The average Bonchev–Trinajstić information content (AvgIpc) is 3.35. The third kappa shape index (κ3) is 4.14. The summed E-state index contributed by atoms with van der Waals surface area (Å²) in [6, 6.07) is 12.9. The molecule has 2 aliphatic rings. The second-order valence-electron chi connectivity index (χ2n) is 8.59. The lowest BCUT2D eigenvalue weighted by molar-refractivity contribution is -0.139. The summed E-state index contributed by atoms with van der Waals surface area (Å²) < 4.78 is 5.35. The van der Waals surface area contributed by atoms with Crippen molar-refractivity contribution in [2.45, 2.75) is 38.3 Å². The first-order chi connectivity index (χ1) is 15.9. The fourth-order valence-electron chi connectivity index (χ4n) is 4.61. The number of aliphatic hydroxyl groups is 2. The second kappa shape index (κ2) is 9.37. The fourth-order valence-corrected chi connectivity index (χ4v) is 4.61. The Balaban J connectivity index is 1.64. The minimum atomic E-state index is -1.74. The van der Waals surface area contributed by atoms with Crippen LogP contribution in [0.2, 0.25) is 0 Å². The van der Waals surface area contributed by atoms with Crippen LogP contribution in [-0.2, 0) is 21.7 Å². The number of fused-ring (bicyclic) bond motifs is 1. The number of anilines is 2. The van der Waals surface area contributed by atoms with Crippen molar-refractivity contribution >= 4 is 23.2 Å². The summed E-state index contributed by atoms with van der Waals surface area (Å²) in [6.45, 7) is 2.82. The van der Waals surface area contributed by atoms with Gasteiger partial charge < -0.3 is 24.7 Å². The standard InChI is InChI=1S/C26H30N2O5/c1-18(6-3-4-15-29)26(32)22-16-21(33-2)12-13-23(22)28(25(26)31)17-19-8-10-20(11-9-19)27-14-5-7-24(27)30/h3,6,8-13,16,18,29,32H,4-5,7,14-15,17H2,1-2H3/b6-3+/t18-,26+/m0/s1. The molecular weight excluding hydrogens is 420 g/mol. The van der Waals surface area contributed by atoms with Crippen molar-refractivity contribution in [1.82, 2.24) is 0 Å². The molecule has 2 aliphatic heterocycles. The SMILES string of the molecule is COc1ccc2c(c1)[C@](O)([C@@H](C)/C=C/CCO)C(=O)N2Cc1ccc(N2CCCC2=O)cc1. The van der Waals surface area contributed by atoms with E-state index in [0.29, 0.717) is 36.4 Å². The van der Waals surface area contributed by atoms with Gasteiger partial charge in [-0.15, -0.1) is 0 Å². The van der Waals surface area contributed by atoms with Gasteiger partial charge in [-0.3, -0.25) is 9.59 Å². The zero-order valence-corrected chi connectivity index (χ0v) is 19.0. The number of amides is 2. The lowest BCUT2D eigenvalue weighted by atomic mass is 9.83. The summed E-state index contributed by atoms with van der Waals surface area (Å²) in [4.78, 5) is 29.0. The fraction of sp³-hybridized carbons (Fsp3) is 0.385. The Bertz CT molecular complexity index is 1060. The molecule has 1 saturated heterocycles. The molecule has 2 heterocycles. The second-order valence-corrected chi connectivity index (χ2v) is 8.59. The van der Waals surface area contributed by atoms with Gasteiger partial charge in [-0.05, 0) is 48.7 Å². The van der Waals surface area contributed by atoms with Crippen LogP contribution >= 0.6 is 0 Å². The van der Waals surface area contributed by atoms with Gasteiger partial charge in [-0.25, -0.2) is 0 Å². The molecule has 4 rings (SSSR count). The summed E-state index contributed by atoms with van der Waals surface area (Å²) in [5, 5.41) is 20.7. The molecule has 2 atom stereocenters. The van der Waals surface area contributed by atoms with E-state index in [1.165, 1.54) is 0 Å². The molecule has 2 N–H and O–H groups in total.